The van der Waals surface area contributed by atoms with Crippen molar-refractivity contribution in [2.75, 3.05) is 25.0 Å². The maximum absolute atomic E-state index is 13.2. The summed E-state index contributed by atoms with van der Waals surface area (Å²) in [5.74, 6) is -0.723. The Labute approximate surface area is 224 Å². The molecule has 1 amide bonds. The van der Waals surface area contributed by atoms with Crippen LogP contribution in [0.3, 0.4) is 0 Å². The third kappa shape index (κ3) is 5.23. The average Bonchev–Trinajstić information content (AvgIpc) is 3.47. The second kappa shape index (κ2) is 10.6. The number of thiophene rings is 2. The van der Waals surface area contributed by atoms with Crippen LogP contribution < -0.4 is 5.32 Å². The van der Waals surface area contributed by atoms with Crippen LogP contribution in [0.2, 0.25) is 4.34 Å². The molecule has 1 atom stereocenters. The maximum atomic E-state index is 13.2. The summed E-state index contributed by atoms with van der Waals surface area (Å²) in [6, 6.07) is 15.6. The van der Waals surface area contributed by atoms with Crippen LogP contribution in [0.4, 0.5) is 5.00 Å². The Hall–Kier alpha value is -2.26. The van der Waals surface area contributed by atoms with Gasteiger partial charge in [0.2, 0.25) is 5.91 Å². The number of nitriles is 1. The zero-order valence-corrected chi connectivity index (χ0v) is 22.7. The number of anilines is 1. The maximum Gasteiger partial charge on any atom is 0.252 e. The molecule has 1 saturated heterocycles. The van der Waals surface area contributed by atoms with Gasteiger partial charge in [-0.1, -0.05) is 41.9 Å². The molecule has 0 radical (unpaired) electrons. The number of hydrogen-bond donors (Lipinski definition) is 1. The molecule has 4 heterocycles. The van der Waals surface area contributed by atoms with Crippen molar-refractivity contribution >= 4 is 55.2 Å². The van der Waals surface area contributed by atoms with E-state index in [1.165, 1.54) is 27.3 Å². The van der Waals surface area contributed by atoms with Crippen LogP contribution in [0.15, 0.2) is 46.7 Å². The molecule has 2 aromatic heterocycles. The number of hydrogen-bond acceptors (Lipinski definition) is 7. The Bertz CT molecular complexity index is 1410. The van der Waals surface area contributed by atoms with Crippen molar-refractivity contribution in [1.29, 1.82) is 5.26 Å². The number of carbonyl (C=O) groups is 1. The second-order valence-electron chi connectivity index (χ2n) is 9.02. The summed E-state index contributed by atoms with van der Waals surface area (Å²) in [7, 11) is -3.70. The molecule has 11 heteroatoms. The van der Waals surface area contributed by atoms with Crippen molar-refractivity contribution in [3.63, 3.8) is 0 Å². The molecule has 0 saturated carbocycles. The standard InChI is InChI=1S/C25H25ClN4O3S3/c26-22-8-9-23(35-22)36(32,33)30-11-4-7-18(15-30)24(31)28-25-20(13-27)19-10-12-29(16-21(19)34-25)14-17-5-2-1-3-6-17/h1-3,5-6,8-9,18H,4,7,10-12,14-16H2,(H,28,31). The van der Waals surface area contributed by atoms with Gasteiger partial charge in [0.05, 0.1) is 15.8 Å². The minimum absolute atomic E-state index is 0.113. The van der Waals surface area contributed by atoms with Gasteiger partial charge in [-0.15, -0.1) is 22.7 Å². The van der Waals surface area contributed by atoms with Crippen molar-refractivity contribution in [2.45, 2.75) is 36.6 Å². The van der Waals surface area contributed by atoms with Gasteiger partial charge in [0.15, 0.2) is 0 Å². The lowest BCUT2D eigenvalue weighted by molar-refractivity contribution is -0.120. The van der Waals surface area contributed by atoms with E-state index >= 15 is 0 Å². The predicted molar refractivity (Wildman–Crippen MR) is 143 cm³/mol. The number of nitrogens with zero attached hydrogens (tertiary/aromatic N) is 3. The first kappa shape index (κ1) is 25.4. The smallest absolute Gasteiger partial charge is 0.252 e. The Balaban J connectivity index is 1.28. The summed E-state index contributed by atoms with van der Waals surface area (Å²) in [6.07, 6.45) is 1.95. The molecule has 0 spiro atoms. The highest BCUT2D eigenvalue weighted by Crippen LogP contribution is 2.38. The first-order chi connectivity index (χ1) is 17.3. The van der Waals surface area contributed by atoms with Crippen molar-refractivity contribution in [1.82, 2.24) is 9.21 Å². The van der Waals surface area contributed by atoms with Crippen LogP contribution in [0.1, 0.15) is 34.4 Å². The molecular weight excluding hydrogens is 536 g/mol. The SMILES string of the molecule is N#Cc1c(NC(=O)C2CCCN(S(=O)(=O)c3ccc(Cl)s3)C2)sc2c1CCN(Cc1ccccc1)C2. The zero-order valence-electron chi connectivity index (χ0n) is 19.4. The number of rotatable bonds is 6. The lowest BCUT2D eigenvalue weighted by Gasteiger charge is -2.30. The molecular formula is C25H25ClN4O3S3. The van der Waals surface area contributed by atoms with Crippen LogP contribution in [0.25, 0.3) is 0 Å². The fourth-order valence-corrected chi connectivity index (χ4v) is 9.20. The summed E-state index contributed by atoms with van der Waals surface area (Å²) >= 11 is 8.42. The van der Waals surface area contributed by atoms with Gasteiger partial charge < -0.3 is 5.32 Å². The molecule has 2 aliphatic rings. The lowest BCUT2D eigenvalue weighted by atomic mass is 9.98. The van der Waals surface area contributed by atoms with E-state index in [1.807, 2.05) is 18.2 Å². The first-order valence-electron chi connectivity index (χ1n) is 11.7. The van der Waals surface area contributed by atoms with Crippen molar-refractivity contribution in [2.24, 2.45) is 5.92 Å². The summed E-state index contributed by atoms with van der Waals surface area (Å²) in [5.41, 5.74) is 2.80. The highest BCUT2D eigenvalue weighted by Gasteiger charge is 2.35. The number of sulfonamides is 1. The number of benzene rings is 1. The van der Waals surface area contributed by atoms with Crippen molar-refractivity contribution in [3.8, 4) is 6.07 Å². The van der Waals surface area contributed by atoms with E-state index in [2.05, 4.69) is 28.4 Å². The third-order valence-electron chi connectivity index (χ3n) is 6.63. The van der Waals surface area contributed by atoms with Crippen LogP contribution in [0.5, 0.6) is 0 Å². The fourth-order valence-electron chi connectivity index (χ4n) is 4.79. The number of piperidine rings is 1. The van der Waals surface area contributed by atoms with Gasteiger partial charge in [-0.25, -0.2) is 8.42 Å². The minimum Gasteiger partial charge on any atom is -0.316 e. The van der Waals surface area contributed by atoms with Crippen molar-refractivity contribution < 1.29 is 13.2 Å². The predicted octanol–water partition coefficient (Wildman–Crippen LogP) is 4.93. The minimum atomic E-state index is -3.70. The van der Waals surface area contributed by atoms with E-state index in [9.17, 15) is 18.5 Å². The van der Waals surface area contributed by atoms with Crippen molar-refractivity contribution in [3.05, 3.63) is 68.4 Å². The number of amides is 1. The van der Waals surface area contributed by atoms with Crippen LogP contribution in [-0.2, 0) is 34.3 Å². The number of fused-ring (bicyclic) bond motifs is 1. The van der Waals surface area contributed by atoms with E-state index < -0.39 is 15.9 Å². The fraction of sp³-hybridized carbons (Fsp3) is 0.360. The van der Waals surface area contributed by atoms with Crippen LogP contribution in [0, 0.1) is 17.2 Å². The van der Waals surface area contributed by atoms with E-state index in [4.69, 9.17) is 11.6 Å². The second-order valence-corrected chi connectivity index (χ2v) is 14.0. The summed E-state index contributed by atoms with van der Waals surface area (Å²) in [4.78, 5) is 16.7. The molecule has 0 aliphatic carbocycles. The van der Waals surface area contributed by atoms with E-state index in [0.29, 0.717) is 34.3 Å². The molecule has 7 nitrogen and oxygen atoms in total. The number of nitrogens with one attached hydrogen (secondary N) is 1. The Morgan fingerprint density at radius 1 is 1.17 bits per heavy atom. The van der Waals surface area contributed by atoms with Gasteiger partial charge in [-0.3, -0.25) is 9.69 Å². The zero-order chi connectivity index (χ0) is 25.3. The normalized spacial score (nSPS) is 18.9. The third-order valence-corrected chi connectivity index (χ3v) is 11.3. The number of carbonyl (C=O) groups excluding carboxylic acids is 1. The summed E-state index contributed by atoms with van der Waals surface area (Å²) in [6.45, 7) is 2.90. The Morgan fingerprint density at radius 2 is 1.97 bits per heavy atom. The molecule has 3 aromatic rings. The average molecular weight is 561 g/mol. The van der Waals surface area contributed by atoms with E-state index in [1.54, 1.807) is 6.07 Å². The Morgan fingerprint density at radius 3 is 2.69 bits per heavy atom. The Kier molecular flexibility index (Phi) is 7.49. The highest BCUT2D eigenvalue weighted by atomic mass is 35.5. The van der Waals surface area contributed by atoms with Gasteiger partial charge in [0.25, 0.3) is 10.0 Å². The van der Waals surface area contributed by atoms with E-state index in [0.717, 1.165) is 47.8 Å². The highest BCUT2D eigenvalue weighted by molar-refractivity contribution is 7.91. The monoisotopic (exact) mass is 560 g/mol. The molecule has 188 valence electrons. The van der Waals surface area contributed by atoms with Crippen LogP contribution in [-0.4, -0.2) is 43.2 Å². The molecule has 0 bridgehead atoms. The molecule has 1 fully saturated rings. The van der Waals surface area contributed by atoms with E-state index in [-0.39, 0.29) is 16.7 Å². The van der Waals surface area contributed by atoms with Crippen LogP contribution >= 0.6 is 34.3 Å². The van der Waals surface area contributed by atoms with Gasteiger partial charge in [0, 0.05) is 37.6 Å². The van der Waals surface area contributed by atoms with Gasteiger partial charge in [-0.2, -0.15) is 9.57 Å². The molecule has 1 aromatic carbocycles. The lowest BCUT2D eigenvalue weighted by Crippen LogP contribution is -2.43. The van der Waals surface area contributed by atoms with Gasteiger partial charge in [-0.05, 0) is 42.5 Å². The van der Waals surface area contributed by atoms with Gasteiger partial charge >= 0.3 is 0 Å². The molecule has 1 unspecified atom stereocenters. The summed E-state index contributed by atoms with van der Waals surface area (Å²) < 4.78 is 28.0. The van der Waals surface area contributed by atoms with Gasteiger partial charge in [0.1, 0.15) is 15.3 Å². The number of halogens is 1. The first-order valence-corrected chi connectivity index (χ1v) is 15.2. The molecule has 1 N–H and O–H groups in total. The molecule has 5 rings (SSSR count). The largest absolute Gasteiger partial charge is 0.316 e. The quantitative estimate of drug-likeness (QED) is 0.461. The molecule has 36 heavy (non-hydrogen) atoms. The topological polar surface area (TPSA) is 93.5 Å². The molecule has 2 aliphatic heterocycles. The summed E-state index contributed by atoms with van der Waals surface area (Å²) in [5, 5.41) is 13.4.